The van der Waals surface area contributed by atoms with Gasteiger partial charge in [0.25, 0.3) is 0 Å². The Morgan fingerprint density at radius 3 is 2.76 bits per heavy atom. The highest BCUT2D eigenvalue weighted by Crippen LogP contribution is 2.27. The molecule has 0 saturated heterocycles. The highest BCUT2D eigenvalue weighted by molar-refractivity contribution is 5.53. The van der Waals surface area contributed by atoms with Crippen molar-refractivity contribution in [3.63, 3.8) is 0 Å². The van der Waals surface area contributed by atoms with Crippen molar-refractivity contribution in [1.82, 2.24) is 9.78 Å². The van der Waals surface area contributed by atoms with Crippen LogP contribution in [0.2, 0.25) is 0 Å². The molecule has 0 unspecified atom stereocenters. The molecule has 4 nitrogen and oxygen atoms in total. The van der Waals surface area contributed by atoms with Crippen molar-refractivity contribution in [2.24, 2.45) is 0 Å². The van der Waals surface area contributed by atoms with Crippen molar-refractivity contribution < 1.29 is 9.13 Å². The Kier molecular flexibility index (Phi) is 2.99. The van der Waals surface area contributed by atoms with E-state index >= 15 is 0 Å². The topological polar surface area (TPSA) is 53.1 Å². The van der Waals surface area contributed by atoms with E-state index in [-0.39, 0.29) is 17.5 Å². The SMILES string of the molecule is CC(C)n1cc(Oc2ccc(F)cc2N)cn1. The summed E-state index contributed by atoms with van der Waals surface area (Å²) in [7, 11) is 0. The van der Waals surface area contributed by atoms with Crippen LogP contribution in [0.4, 0.5) is 10.1 Å². The molecule has 5 heteroatoms. The van der Waals surface area contributed by atoms with Crippen molar-refractivity contribution in [2.45, 2.75) is 19.9 Å². The first kappa shape index (κ1) is 11.4. The summed E-state index contributed by atoms with van der Waals surface area (Å²) < 4.78 is 20.1. The fourth-order valence-corrected chi connectivity index (χ4v) is 1.39. The van der Waals surface area contributed by atoms with Gasteiger partial charge >= 0.3 is 0 Å². The molecule has 90 valence electrons. The fourth-order valence-electron chi connectivity index (χ4n) is 1.39. The highest BCUT2D eigenvalue weighted by atomic mass is 19.1. The molecule has 2 aromatic rings. The molecule has 1 aromatic carbocycles. The van der Waals surface area contributed by atoms with Crippen LogP contribution < -0.4 is 10.5 Å². The van der Waals surface area contributed by atoms with Gasteiger partial charge in [0.15, 0.2) is 11.5 Å². The van der Waals surface area contributed by atoms with E-state index in [4.69, 9.17) is 10.5 Å². The number of hydrogen-bond donors (Lipinski definition) is 1. The molecule has 0 aliphatic rings. The lowest BCUT2D eigenvalue weighted by Gasteiger charge is -2.06. The normalized spacial score (nSPS) is 10.8. The Morgan fingerprint density at radius 2 is 2.18 bits per heavy atom. The van der Waals surface area contributed by atoms with Gasteiger partial charge in [0, 0.05) is 12.1 Å². The lowest BCUT2D eigenvalue weighted by molar-refractivity contribution is 0.477. The van der Waals surface area contributed by atoms with Gasteiger partial charge in [-0.3, -0.25) is 4.68 Å². The maximum absolute atomic E-state index is 12.8. The summed E-state index contributed by atoms with van der Waals surface area (Å²) in [5.74, 6) is 0.624. The standard InChI is InChI=1S/C12H14FN3O/c1-8(2)16-7-10(6-15-16)17-12-4-3-9(13)5-11(12)14/h3-8H,14H2,1-2H3. The number of benzene rings is 1. The molecule has 0 aliphatic carbocycles. The monoisotopic (exact) mass is 235 g/mol. The second kappa shape index (κ2) is 4.45. The van der Waals surface area contributed by atoms with Crippen molar-refractivity contribution in [3.05, 3.63) is 36.4 Å². The highest BCUT2D eigenvalue weighted by Gasteiger charge is 2.06. The lowest BCUT2D eigenvalue weighted by Crippen LogP contribution is -1.99. The molecule has 1 aromatic heterocycles. The minimum atomic E-state index is -0.382. The molecule has 2 N–H and O–H groups in total. The smallest absolute Gasteiger partial charge is 0.165 e. The van der Waals surface area contributed by atoms with Gasteiger partial charge < -0.3 is 10.5 Å². The molecule has 0 radical (unpaired) electrons. The van der Waals surface area contributed by atoms with Crippen LogP contribution in [-0.4, -0.2) is 9.78 Å². The number of rotatable bonds is 3. The molecule has 0 aliphatic heterocycles. The van der Waals surface area contributed by atoms with E-state index in [0.717, 1.165) is 0 Å². The third-order valence-corrected chi connectivity index (χ3v) is 2.31. The number of nitrogens with two attached hydrogens (primary N) is 1. The van der Waals surface area contributed by atoms with Crippen LogP contribution in [0.15, 0.2) is 30.6 Å². The van der Waals surface area contributed by atoms with Crippen LogP contribution in [0.1, 0.15) is 19.9 Å². The summed E-state index contributed by atoms with van der Waals surface area (Å²) in [5, 5.41) is 4.14. The van der Waals surface area contributed by atoms with E-state index < -0.39 is 0 Å². The number of anilines is 1. The van der Waals surface area contributed by atoms with Crippen LogP contribution in [0.5, 0.6) is 11.5 Å². The van der Waals surface area contributed by atoms with Gasteiger partial charge in [0.05, 0.1) is 18.1 Å². The summed E-state index contributed by atoms with van der Waals surface area (Å²) in [6.07, 6.45) is 3.37. The van der Waals surface area contributed by atoms with Crippen molar-refractivity contribution in [1.29, 1.82) is 0 Å². The van der Waals surface area contributed by atoms with E-state index in [0.29, 0.717) is 11.5 Å². The molecule has 1 heterocycles. The first-order chi connectivity index (χ1) is 8.06. The van der Waals surface area contributed by atoms with Gasteiger partial charge in [-0.25, -0.2) is 4.39 Å². The number of nitrogen functional groups attached to an aromatic ring is 1. The predicted molar refractivity (Wildman–Crippen MR) is 63.5 cm³/mol. The summed E-state index contributed by atoms with van der Waals surface area (Å²) in [6, 6.07) is 4.29. The molecule has 0 saturated carbocycles. The maximum atomic E-state index is 12.8. The number of halogens is 1. The van der Waals surface area contributed by atoms with Gasteiger partial charge in [-0.2, -0.15) is 5.10 Å². The van der Waals surface area contributed by atoms with E-state index in [9.17, 15) is 4.39 Å². The molecule has 0 bridgehead atoms. The Labute approximate surface area is 98.8 Å². The largest absolute Gasteiger partial charge is 0.452 e. The van der Waals surface area contributed by atoms with E-state index in [2.05, 4.69) is 5.10 Å². The van der Waals surface area contributed by atoms with E-state index in [1.807, 2.05) is 13.8 Å². The van der Waals surface area contributed by atoms with Gasteiger partial charge in [0.2, 0.25) is 0 Å². The van der Waals surface area contributed by atoms with E-state index in [1.54, 1.807) is 17.1 Å². The molecule has 0 fully saturated rings. The number of hydrogen-bond acceptors (Lipinski definition) is 3. The minimum Gasteiger partial charge on any atom is -0.452 e. The van der Waals surface area contributed by atoms with Crippen molar-refractivity contribution in [2.75, 3.05) is 5.73 Å². The minimum absolute atomic E-state index is 0.262. The lowest BCUT2D eigenvalue weighted by atomic mass is 10.3. The fraction of sp³-hybridized carbons (Fsp3) is 0.250. The molecule has 0 spiro atoms. The van der Waals surface area contributed by atoms with Crippen LogP contribution >= 0.6 is 0 Å². The van der Waals surface area contributed by atoms with Crippen LogP contribution in [0.25, 0.3) is 0 Å². The van der Waals surface area contributed by atoms with Gasteiger partial charge in [-0.1, -0.05) is 0 Å². The van der Waals surface area contributed by atoms with Gasteiger partial charge in [-0.15, -0.1) is 0 Å². The van der Waals surface area contributed by atoms with Crippen molar-refractivity contribution >= 4 is 5.69 Å². The first-order valence-electron chi connectivity index (χ1n) is 5.33. The molecular weight excluding hydrogens is 221 g/mol. The summed E-state index contributed by atoms with van der Waals surface area (Å²) in [4.78, 5) is 0. The zero-order valence-electron chi connectivity index (χ0n) is 9.72. The van der Waals surface area contributed by atoms with Crippen molar-refractivity contribution in [3.8, 4) is 11.5 Å². The van der Waals surface area contributed by atoms with Gasteiger partial charge in [-0.05, 0) is 26.0 Å². The summed E-state index contributed by atoms with van der Waals surface area (Å²) in [6.45, 7) is 4.03. The number of aromatic nitrogens is 2. The van der Waals surface area contributed by atoms with E-state index in [1.165, 1.54) is 18.2 Å². The average Bonchev–Trinajstić information content (AvgIpc) is 2.71. The number of nitrogens with zero attached hydrogens (tertiary/aromatic N) is 2. The first-order valence-corrected chi connectivity index (χ1v) is 5.33. The average molecular weight is 235 g/mol. The quantitative estimate of drug-likeness (QED) is 0.832. The van der Waals surface area contributed by atoms with Crippen LogP contribution in [0, 0.1) is 5.82 Å². The van der Waals surface area contributed by atoms with Crippen LogP contribution in [0.3, 0.4) is 0 Å². The second-order valence-corrected chi connectivity index (χ2v) is 4.03. The third-order valence-electron chi connectivity index (χ3n) is 2.31. The Bertz CT molecular complexity index is 522. The Morgan fingerprint density at radius 1 is 1.41 bits per heavy atom. The molecule has 0 amide bonds. The molecular formula is C12H14FN3O. The Hall–Kier alpha value is -2.04. The predicted octanol–water partition coefficient (Wildman–Crippen LogP) is 2.98. The summed E-state index contributed by atoms with van der Waals surface area (Å²) in [5.41, 5.74) is 5.91. The van der Waals surface area contributed by atoms with Gasteiger partial charge in [0.1, 0.15) is 5.82 Å². The zero-order chi connectivity index (χ0) is 12.4. The molecule has 2 rings (SSSR count). The Balaban J connectivity index is 2.19. The number of ether oxygens (including phenoxy) is 1. The third kappa shape index (κ3) is 2.55. The second-order valence-electron chi connectivity index (χ2n) is 4.03. The summed E-state index contributed by atoms with van der Waals surface area (Å²) >= 11 is 0. The molecule has 17 heavy (non-hydrogen) atoms. The molecule has 0 atom stereocenters. The van der Waals surface area contributed by atoms with Crippen LogP contribution in [-0.2, 0) is 0 Å². The maximum Gasteiger partial charge on any atom is 0.165 e. The zero-order valence-corrected chi connectivity index (χ0v) is 9.72.